The molecule has 1 atom stereocenters. The molecule has 0 aliphatic carbocycles. The van der Waals surface area contributed by atoms with Gasteiger partial charge in [0, 0.05) is 0 Å². The number of methoxy groups -OCH3 is 3. The summed E-state index contributed by atoms with van der Waals surface area (Å²) in [6.45, 7) is 8.58. The SMILES string of the molecule is COC(=O)[C@H](Cc1cc(OC)c(C)cc1I(F)c1ccc(C)cc1)N(C(=O)OC)C(=O)OC(C)(C)C. The third kappa shape index (κ3) is 7.31. The van der Waals surface area contributed by atoms with Crippen molar-refractivity contribution in [2.75, 3.05) is 21.3 Å². The Morgan fingerprint density at radius 1 is 0.972 bits per heavy atom. The van der Waals surface area contributed by atoms with Crippen LogP contribution in [0.4, 0.5) is 12.4 Å². The van der Waals surface area contributed by atoms with E-state index in [4.69, 9.17) is 18.9 Å². The average molecular weight is 617 g/mol. The molecule has 0 aliphatic rings. The van der Waals surface area contributed by atoms with Crippen molar-refractivity contribution in [2.45, 2.75) is 52.7 Å². The van der Waals surface area contributed by atoms with E-state index in [1.165, 1.54) is 7.11 Å². The second-order valence-electron chi connectivity index (χ2n) is 9.01. The van der Waals surface area contributed by atoms with Crippen LogP contribution in [0.2, 0.25) is 0 Å². The molecule has 0 bridgehead atoms. The van der Waals surface area contributed by atoms with Crippen molar-refractivity contribution < 1.29 is 36.2 Å². The van der Waals surface area contributed by atoms with Crippen LogP contribution >= 0.6 is 20.4 Å². The number of amides is 2. The van der Waals surface area contributed by atoms with Crippen LogP contribution in [0.1, 0.15) is 37.5 Å². The van der Waals surface area contributed by atoms with Gasteiger partial charge in [0.2, 0.25) is 0 Å². The monoisotopic (exact) mass is 617 g/mol. The van der Waals surface area contributed by atoms with E-state index in [0.717, 1.165) is 25.3 Å². The van der Waals surface area contributed by atoms with Crippen LogP contribution in [0, 0.1) is 21.0 Å². The van der Waals surface area contributed by atoms with E-state index in [1.54, 1.807) is 52.0 Å². The summed E-state index contributed by atoms with van der Waals surface area (Å²) in [7, 11) is 3.70. The average Bonchev–Trinajstić information content (AvgIpc) is 2.82. The molecule has 0 spiro atoms. The van der Waals surface area contributed by atoms with Gasteiger partial charge in [-0.15, -0.1) is 0 Å². The zero-order valence-corrected chi connectivity index (χ0v) is 24.0. The zero-order valence-electron chi connectivity index (χ0n) is 21.8. The minimum absolute atomic E-state index is 0.225. The van der Waals surface area contributed by atoms with E-state index >= 15 is 2.86 Å². The van der Waals surface area contributed by atoms with Gasteiger partial charge in [-0.05, 0) is 0 Å². The number of hydrogen-bond donors (Lipinski definition) is 0. The molecule has 0 aromatic heterocycles. The molecule has 2 rings (SSSR count). The molecule has 2 amide bonds. The molecule has 0 radical (unpaired) electrons. The van der Waals surface area contributed by atoms with Crippen molar-refractivity contribution in [3.63, 3.8) is 0 Å². The predicted octanol–water partition coefficient (Wildman–Crippen LogP) is 5.83. The number of hydrogen-bond acceptors (Lipinski definition) is 7. The fourth-order valence-electron chi connectivity index (χ4n) is 3.35. The predicted molar refractivity (Wildman–Crippen MR) is 141 cm³/mol. The van der Waals surface area contributed by atoms with Gasteiger partial charge >= 0.3 is 220 Å². The van der Waals surface area contributed by atoms with E-state index in [0.29, 0.717) is 23.4 Å². The van der Waals surface area contributed by atoms with Gasteiger partial charge in [0.25, 0.3) is 0 Å². The van der Waals surface area contributed by atoms with E-state index in [1.807, 2.05) is 19.1 Å². The molecule has 8 nitrogen and oxygen atoms in total. The van der Waals surface area contributed by atoms with E-state index in [-0.39, 0.29) is 6.42 Å². The van der Waals surface area contributed by atoms with Gasteiger partial charge in [-0.2, -0.15) is 0 Å². The molecule has 0 unspecified atom stereocenters. The maximum atomic E-state index is 16.0. The summed E-state index contributed by atoms with van der Waals surface area (Å²) in [6, 6.07) is 9.05. The molecule has 2 aromatic carbocycles. The number of carbonyl (C=O) groups is 3. The third-order valence-corrected chi connectivity index (χ3v) is 8.94. The molecule has 198 valence electrons. The molecule has 10 heteroatoms. The van der Waals surface area contributed by atoms with Gasteiger partial charge in [0.1, 0.15) is 0 Å². The van der Waals surface area contributed by atoms with Crippen LogP contribution in [0.5, 0.6) is 5.75 Å². The second-order valence-corrected chi connectivity index (χ2v) is 12.8. The first-order valence-corrected chi connectivity index (χ1v) is 14.1. The number of nitrogens with zero attached hydrogens (tertiary/aromatic N) is 1. The van der Waals surface area contributed by atoms with E-state index in [9.17, 15) is 14.4 Å². The Morgan fingerprint density at radius 3 is 2.08 bits per heavy atom. The number of ether oxygens (including phenoxy) is 4. The van der Waals surface area contributed by atoms with Crippen LogP contribution in [0.15, 0.2) is 36.4 Å². The minimum atomic E-state index is -3.43. The van der Waals surface area contributed by atoms with Crippen molar-refractivity contribution in [2.24, 2.45) is 0 Å². The fourth-order valence-corrected chi connectivity index (χ4v) is 6.74. The second kappa shape index (κ2) is 12.4. The molecule has 2 aromatic rings. The zero-order chi connectivity index (χ0) is 27.2. The standard InChI is InChI=1S/C26H33FINO7/c1-16-9-11-19(12-10-16)28(27)20-13-17(2)22(33-6)15-18(20)14-21(23(30)34-7)29(24(31)35-8)25(32)36-26(3,4)5/h9-13,15,21H,14H2,1-8H3/t21-/m0/s1. The molecular weight excluding hydrogens is 584 g/mol. The van der Waals surface area contributed by atoms with Crippen molar-refractivity contribution >= 4 is 38.5 Å². The van der Waals surface area contributed by atoms with E-state index in [2.05, 4.69) is 0 Å². The van der Waals surface area contributed by atoms with Crippen LogP contribution < -0.4 is 4.74 Å². The molecule has 0 heterocycles. The molecule has 0 N–H and O–H groups in total. The number of esters is 1. The van der Waals surface area contributed by atoms with Crippen LogP contribution in [-0.4, -0.2) is 56.0 Å². The van der Waals surface area contributed by atoms with Crippen molar-refractivity contribution in [3.8, 4) is 5.75 Å². The van der Waals surface area contributed by atoms with Crippen LogP contribution in [0.25, 0.3) is 0 Å². The van der Waals surface area contributed by atoms with Crippen molar-refractivity contribution in [1.29, 1.82) is 0 Å². The normalized spacial score (nSPS) is 12.3. The number of imide groups is 1. The quantitative estimate of drug-likeness (QED) is 0.219. The number of halogens is 2. The van der Waals surface area contributed by atoms with Crippen LogP contribution in [0.3, 0.4) is 0 Å². The molecule has 0 saturated heterocycles. The van der Waals surface area contributed by atoms with Gasteiger partial charge in [0.15, 0.2) is 0 Å². The summed E-state index contributed by atoms with van der Waals surface area (Å²) < 4.78 is 37.5. The van der Waals surface area contributed by atoms with E-state index < -0.39 is 50.2 Å². The summed E-state index contributed by atoms with van der Waals surface area (Å²) >= 11 is -3.43. The summed E-state index contributed by atoms with van der Waals surface area (Å²) in [5, 5.41) is 0. The Morgan fingerprint density at radius 2 is 1.58 bits per heavy atom. The molecular formula is C26H33FINO7. The van der Waals surface area contributed by atoms with Gasteiger partial charge in [0.05, 0.1) is 0 Å². The number of carbonyl (C=O) groups excluding carboxylic acids is 3. The number of aryl methyl sites for hydroxylation is 2. The summed E-state index contributed by atoms with van der Waals surface area (Å²) in [4.78, 5) is 39.0. The number of rotatable bonds is 7. The Kier molecular flexibility index (Phi) is 10.1. The Labute approximate surface area is 219 Å². The van der Waals surface area contributed by atoms with Gasteiger partial charge < -0.3 is 0 Å². The van der Waals surface area contributed by atoms with Gasteiger partial charge in [-0.25, -0.2) is 0 Å². The molecule has 0 aliphatic heterocycles. The summed E-state index contributed by atoms with van der Waals surface area (Å²) in [5.41, 5.74) is 1.19. The summed E-state index contributed by atoms with van der Waals surface area (Å²) in [5.74, 6) is -0.404. The summed E-state index contributed by atoms with van der Waals surface area (Å²) in [6.07, 6.45) is -2.41. The Balaban J connectivity index is 2.64. The van der Waals surface area contributed by atoms with Crippen LogP contribution in [-0.2, 0) is 25.4 Å². The molecule has 0 fully saturated rings. The van der Waals surface area contributed by atoms with Gasteiger partial charge in [-0.1, -0.05) is 0 Å². The first-order chi connectivity index (χ1) is 16.8. The first kappa shape index (κ1) is 29.3. The third-order valence-electron chi connectivity index (χ3n) is 5.10. The molecule has 0 saturated carbocycles. The van der Waals surface area contributed by atoms with Gasteiger partial charge in [-0.3, -0.25) is 0 Å². The molecule has 36 heavy (non-hydrogen) atoms. The number of benzene rings is 2. The first-order valence-electron chi connectivity index (χ1n) is 11.1. The van der Waals surface area contributed by atoms with Crippen molar-refractivity contribution in [3.05, 3.63) is 60.2 Å². The Bertz CT molecular complexity index is 1100. The fraction of sp³-hybridized carbons (Fsp3) is 0.423. The topological polar surface area (TPSA) is 91.4 Å². The maximum absolute atomic E-state index is 16.0. The van der Waals surface area contributed by atoms with Crippen molar-refractivity contribution in [1.82, 2.24) is 4.90 Å². The Hall–Kier alpha value is -2.89.